The number of hydrogen-bond donors (Lipinski definition) is 0. The predicted molar refractivity (Wildman–Crippen MR) is 122 cm³/mol. The number of aromatic nitrogens is 2. The number of aryl methyl sites for hydroxylation is 2. The summed E-state index contributed by atoms with van der Waals surface area (Å²) in [5.74, 6) is -0.674. The number of esters is 1. The normalized spacial score (nSPS) is 12.3. The molecule has 0 spiro atoms. The summed E-state index contributed by atoms with van der Waals surface area (Å²) in [7, 11) is 0. The molecule has 3 aromatic rings. The number of benzene rings is 1. The maximum atomic E-state index is 13.3. The second-order valence-electron chi connectivity index (χ2n) is 8.66. The Kier molecular flexibility index (Phi) is 7.37. The molecule has 0 radical (unpaired) electrons. The van der Waals surface area contributed by atoms with Crippen LogP contribution in [0.5, 0.6) is 0 Å². The van der Waals surface area contributed by atoms with Gasteiger partial charge in [-0.05, 0) is 45.2 Å². The number of halogens is 3. The minimum atomic E-state index is -4.86. The van der Waals surface area contributed by atoms with Crippen LogP contribution in [0, 0.1) is 6.92 Å². The molecule has 0 bridgehead atoms. The van der Waals surface area contributed by atoms with Crippen LogP contribution in [-0.4, -0.2) is 33.7 Å². The maximum Gasteiger partial charge on any atom is 0.522 e. The van der Waals surface area contributed by atoms with Gasteiger partial charge >= 0.3 is 18.0 Å². The Morgan fingerprint density at radius 3 is 2.26 bits per heavy atom. The first-order valence-corrected chi connectivity index (χ1v) is 11.3. The molecule has 0 amide bonds. The Bertz CT molecular complexity index is 1300. The molecule has 0 saturated carbocycles. The van der Waals surface area contributed by atoms with Crippen molar-refractivity contribution < 1.29 is 27.4 Å². The van der Waals surface area contributed by atoms with Gasteiger partial charge in [0.05, 0.1) is 18.5 Å². The van der Waals surface area contributed by atoms with Crippen LogP contribution in [0.4, 0.5) is 13.2 Å². The number of carbonyl (C=O) groups is 1. The monoisotopic (exact) mass is 498 g/mol. The van der Waals surface area contributed by atoms with Crippen LogP contribution in [0.1, 0.15) is 41.6 Å². The fourth-order valence-electron chi connectivity index (χ4n) is 3.45. The van der Waals surface area contributed by atoms with E-state index in [1.54, 1.807) is 27.7 Å². The van der Waals surface area contributed by atoms with Crippen LogP contribution in [0.2, 0.25) is 0 Å². The number of ether oxygens (including phenoxy) is 2. The van der Waals surface area contributed by atoms with Crippen LogP contribution >= 0.6 is 11.3 Å². The van der Waals surface area contributed by atoms with Gasteiger partial charge in [-0.25, -0.2) is 9.59 Å². The summed E-state index contributed by atoms with van der Waals surface area (Å²) in [5, 5.41) is 0.102. The molecule has 0 atom stereocenters. The van der Waals surface area contributed by atoms with Gasteiger partial charge in [0.2, 0.25) is 0 Å². The van der Waals surface area contributed by atoms with Crippen LogP contribution in [0.15, 0.2) is 39.9 Å². The van der Waals surface area contributed by atoms with E-state index < -0.39 is 42.3 Å². The topological polar surface area (TPSA) is 79.5 Å². The van der Waals surface area contributed by atoms with Gasteiger partial charge in [-0.3, -0.25) is 18.7 Å². The third-order valence-corrected chi connectivity index (χ3v) is 6.22. The zero-order chi connectivity index (χ0) is 25.3. The van der Waals surface area contributed by atoms with Gasteiger partial charge < -0.3 is 4.74 Å². The van der Waals surface area contributed by atoms with Crippen molar-refractivity contribution in [2.24, 2.45) is 0 Å². The van der Waals surface area contributed by atoms with Gasteiger partial charge in [-0.1, -0.05) is 30.3 Å². The molecule has 184 valence electrons. The molecule has 0 unspecified atom stereocenters. The van der Waals surface area contributed by atoms with E-state index in [-0.39, 0.29) is 21.6 Å². The molecule has 0 aliphatic rings. The summed E-state index contributed by atoms with van der Waals surface area (Å²) in [5.41, 5.74) is -0.963. The molecule has 2 heterocycles. The van der Waals surface area contributed by atoms with Gasteiger partial charge in [0.15, 0.2) is 0 Å². The highest BCUT2D eigenvalue weighted by atomic mass is 32.1. The van der Waals surface area contributed by atoms with E-state index in [4.69, 9.17) is 4.74 Å². The largest absolute Gasteiger partial charge is 0.522 e. The van der Waals surface area contributed by atoms with Crippen LogP contribution in [0.25, 0.3) is 10.2 Å². The Morgan fingerprint density at radius 1 is 1.03 bits per heavy atom. The summed E-state index contributed by atoms with van der Waals surface area (Å²) in [6.07, 6.45) is -4.50. The molecular formula is C23H25F3N2O5S. The second-order valence-corrected chi connectivity index (χ2v) is 9.66. The van der Waals surface area contributed by atoms with Crippen LogP contribution in [0.3, 0.4) is 0 Å². The molecule has 3 rings (SSSR count). The summed E-state index contributed by atoms with van der Waals surface area (Å²) < 4.78 is 48.9. The van der Waals surface area contributed by atoms with Crippen molar-refractivity contribution in [3.05, 3.63) is 67.2 Å². The molecule has 2 aromatic heterocycles. The number of thiophene rings is 1. The molecule has 1 aromatic carbocycles. The van der Waals surface area contributed by atoms with E-state index in [2.05, 4.69) is 4.74 Å². The van der Waals surface area contributed by atoms with E-state index in [0.717, 1.165) is 26.0 Å². The fraction of sp³-hybridized carbons (Fsp3) is 0.435. The number of carbonyl (C=O) groups excluding carboxylic acids is 1. The maximum absolute atomic E-state index is 13.3. The fourth-order valence-corrected chi connectivity index (χ4v) is 4.64. The number of hydrogen-bond acceptors (Lipinski definition) is 6. The molecule has 0 aliphatic carbocycles. The van der Waals surface area contributed by atoms with Crippen molar-refractivity contribution in [3.63, 3.8) is 0 Å². The van der Waals surface area contributed by atoms with E-state index in [1.165, 1.54) is 0 Å². The molecule has 0 aliphatic heterocycles. The third-order valence-electron chi connectivity index (χ3n) is 4.93. The van der Waals surface area contributed by atoms with Crippen molar-refractivity contribution >= 4 is 27.5 Å². The molecule has 7 nitrogen and oxygen atoms in total. The highest BCUT2D eigenvalue weighted by molar-refractivity contribution is 7.20. The third kappa shape index (κ3) is 5.95. The Labute approximate surface area is 197 Å². The molecule has 0 fully saturated rings. The van der Waals surface area contributed by atoms with E-state index in [9.17, 15) is 27.6 Å². The first-order chi connectivity index (χ1) is 15.8. The van der Waals surface area contributed by atoms with Crippen LogP contribution in [-0.2, 0) is 29.0 Å². The molecule has 0 N–H and O–H groups in total. The zero-order valence-electron chi connectivity index (χ0n) is 19.2. The summed E-state index contributed by atoms with van der Waals surface area (Å²) in [6, 6.07) is 9.17. The smallest absolute Gasteiger partial charge is 0.456 e. The SMILES string of the molecule is Cc1c(C(=O)OC(C)(C)C)sc2c1c(=O)n(CCc1ccccc1)c(=O)n2CCOC(F)(F)F. The van der Waals surface area contributed by atoms with Crippen molar-refractivity contribution in [1.29, 1.82) is 0 Å². The lowest BCUT2D eigenvalue weighted by Crippen LogP contribution is -2.41. The van der Waals surface area contributed by atoms with Crippen LogP contribution < -0.4 is 11.2 Å². The lowest BCUT2D eigenvalue weighted by atomic mass is 10.1. The van der Waals surface area contributed by atoms with Gasteiger partial charge in [-0.15, -0.1) is 24.5 Å². The minimum absolute atomic E-state index is 0.0226. The van der Waals surface area contributed by atoms with Gasteiger partial charge in [0.1, 0.15) is 15.3 Å². The summed E-state index contributed by atoms with van der Waals surface area (Å²) >= 11 is 0.847. The lowest BCUT2D eigenvalue weighted by molar-refractivity contribution is -0.325. The second kappa shape index (κ2) is 9.75. The average molecular weight is 499 g/mol. The Hall–Kier alpha value is -2.92. The van der Waals surface area contributed by atoms with E-state index >= 15 is 0 Å². The molecule has 34 heavy (non-hydrogen) atoms. The van der Waals surface area contributed by atoms with Crippen molar-refractivity contribution in [3.8, 4) is 0 Å². The van der Waals surface area contributed by atoms with Crippen molar-refractivity contribution in [2.75, 3.05) is 6.61 Å². The van der Waals surface area contributed by atoms with Gasteiger partial charge in [-0.2, -0.15) is 0 Å². The summed E-state index contributed by atoms with van der Waals surface area (Å²) in [6.45, 7) is 5.37. The molecular weight excluding hydrogens is 473 g/mol. The van der Waals surface area contributed by atoms with E-state index in [1.807, 2.05) is 30.3 Å². The highest BCUT2D eigenvalue weighted by Gasteiger charge is 2.30. The quantitative estimate of drug-likeness (QED) is 0.455. The minimum Gasteiger partial charge on any atom is -0.456 e. The van der Waals surface area contributed by atoms with Crippen molar-refractivity contribution in [2.45, 2.75) is 59.2 Å². The number of rotatable bonds is 7. The average Bonchev–Trinajstić information content (AvgIpc) is 3.06. The molecule has 11 heteroatoms. The first kappa shape index (κ1) is 25.7. The Balaban J connectivity index is 2.12. The van der Waals surface area contributed by atoms with Gasteiger partial charge in [0, 0.05) is 6.54 Å². The highest BCUT2D eigenvalue weighted by Crippen LogP contribution is 2.30. The zero-order valence-corrected chi connectivity index (χ0v) is 20.0. The lowest BCUT2D eigenvalue weighted by Gasteiger charge is -2.19. The summed E-state index contributed by atoms with van der Waals surface area (Å²) in [4.78, 5) is 39.4. The standard InChI is InChI=1S/C23H25F3N2O5S/c1-14-16-18(29)27(11-10-15-8-6-5-7-9-15)21(31)28(12-13-32-23(24,25)26)19(16)34-17(14)20(30)33-22(2,3)4/h5-9H,10-13H2,1-4H3. The molecule has 0 saturated heterocycles. The number of fused-ring (bicyclic) bond motifs is 1. The van der Waals surface area contributed by atoms with Crippen molar-refractivity contribution in [1.82, 2.24) is 9.13 Å². The first-order valence-electron chi connectivity index (χ1n) is 10.5. The Morgan fingerprint density at radius 2 is 1.68 bits per heavy atom. The van der Waals surface area contributed by atoms with E-state index in [0.29, 0.717) is 12.0 Å². The predicted octanol–water partition coefficient (Wildman–Crippen LogP) is 4.27. The number of nitrogens with zero attached hydrogens (tertiary/aromatic N) is 2. The number of alkyl halides is 3. The van der Waals surface area contributed by atoms with Gasteiger partial charge in [0.25, 0.3) is 5.56 Å².